The molecule has 2 rings (SSSR count). The zero-order valence-corrected chi connectivity index (χ0v) is 15.8. The summed E-state index contributed by atoms with van der Waals surface area (Å²) in [5.41, 5.74) is -1.10. The number of rotatable bonds is 5. The molecule has 1 aliphatic rings. The van der Waals surface area contributed by atoms with Gasteiger partial charge in [-0.15, -0.1) is 0 Å². The zero-order valence-electron chi connectivity index (χ0n) is 14.9. The number of ether oxygens (including phenoxy) is 1. The maximum absolute atomic E-state index is 13.1. The third-order valence-corrected chi connectivity index (χ3v) is 7.75. The third kappa shape index (κ3) is 4.80. The number of amides is 1. The van der Waals surface area contributed by atoms with E-state index >= 15 is 0 Å². The predicted octanol–water partition coefficient (Wildman–Crippen LogP) is 2.15. The summed E-state index contributed by atoms with van der Waals surface area (Å²) in [5, 5.41) is 2.35. The number of nitrogens with one attached hydrogen (secondary N) is 2. The highest BCUT2D eigenvalue weighted by Crippen LogP contribution is 2.29. The average Bonchev–Trinajstić information content (AvgIpc) is 2.54. The first-order chi connectivity index (χ1) is 11.9. The Hall–Kier alpha value is -1.52. The molecule has 1 aliphatic heterocycles. The van der Waals surface area contributed by atoms with Gasteiger partial charge in [-0.1, -0.05) is 6.07 Å². The molecule has 1 aromatic rings. The van der Waals surface area contributed by atoms with Crippen molar-refractivity contribution in [3.63, 3.8) is 0 Å². The first-order valence-electron chi connectivity index (χ1n) is 8.22. The van der Waals surface area contributed by atoms with E-state index in [2.05, 4.69) is 15.0 Å². The maximum Gasteiger partial charge on any atom is 0.433 e. The van der Waals surface area contributed by atoms with E-state index in [-0.39, 0.29) is 11.9 Å². The zero-order chi connectivity index (χ0) is 19.6. The van der Waals surface area contributed by atoms with Crippen LogP contribution in [0.3, 0.4) is 0 Å². The summed E-state index contributed by atoms with van der Waals surface area (Å²) in [6.07, 6.45) is -1.77. The standard InChI is InChI=1S/C16H24F3N3O3S/c1-15(2,26(3,24)22-11-7-9-25-10-8-11)14(23)21-13-6-4-5-12(20-13)16(17,18)19/h4-6,11,26H,7-10H2,1-3H3,(H,22,24)(H,20,21,23). The van der Waals surface area contributed by atoms with Gasteiger partial charge in [0.15, 0.2) is 0 Å². The highest BCUT2D eigenvalue weighted by Gasteiger charge is 2.40. The van der Waals surface area contributed by atoms with Crippen molar-refractivity contribution in [3.05, 3.63) is 23.9 Å². The highest BCUT2D eigenvalue weighted by molar-refractivity contribution is 8.02. The summed E-state index contributed by atoms with van der Waals surface area (Å²) in [6, 6.07) is 3.20. The largest absolute Gasteiger partial charge is 0.433 e. The number of carbonyl (C=O) groups is 1. The van der Waals surface area contributed by atoms with Gasteiger partial charge in [0.25, 0.3) is 0 Å². The SMILES string of the molecule is CC(C)(C(=O)Nc1cccc(C(F)(F)F)n1)[SH](C)(=O)NC1CCOCC1. The van der Waals surface area contributed by atoms with E-state index in [1.807, 2.05) is 0 Å². The minimum absolute atomic E-state index is 0.0293. The topological polar surface area (TPSA) is 80.3 Å². The maximum atomic E-state index is 13.1. The lowest BCUT2D eigenvalue weighted by Gasteiger charge is -2.39. The van der Waals surface area contributed by atoms with Gasteiger partial charge in [-0.05, 0) is 48.9 Å². The second-order valence-corrected chi connectivity index (χ2v) is 10.1. The van der Waals surface area contributed by atoms with Gasteiger partial charge in [-0.2, -0.15) is 13.2 Å². The quantitative estimate of drug-likeness (QED) is 0.668. The van der Waals surface area contributed by atoms with E-state index in [9.17, 15) is 22.2 Å². The summed E-state index contributed by atoms with van der Waals surface area (Å²) in [7, 11) is -3.17. The number of hydrogen-bond acceptors (Lipinski definition) is 4. The van der Waals surface area contributed by atoms with Crippen molar-refractivity contribution in [1.29, 1.82) is 0 Å². The molecular formula is C16H24F3N3O3S. The van der Waals surface area contributed by atoms with Gasteiger partial charge in [0, 0.05) is 25.5 Å². The monoisotopic (exact) mass is 395 g/mol. The second kappa shape index (κ2) is 7.61. The number of nitrogens with zero attached hydrogens (tertiary/aromatic N) is 1. The molecule has 2 N–H and O–H groups in total. The summed E-state index contributed by atoms with van der Waals surface area (Å²) in [6.45, 7) is 4.11. The van der Waals surface area contributed by atoms with Crippen LogP contribution < -0.4 is 10.0 Å². The molecule has 0 bridgehead atoms. The Morgan fingerprint density at radius 2 is 1.88 bits per heavy atom. The normalized spacial score (nSPS) is 17.8. The summed E-state index contributed by atoms with van der Waals surface area (Å²) in [5.74, 6) is -0.890. The van der Waals surface area contributed by atoms with Crippen LogP contribution in [0.25, 0.3) is 0 Å². The first-order valence-corrected chi connectivity index (χ1v) is 10.4. The van der Waals surface area contributed by atoms with Crippen LogP contribution in [0.2, 0.25) is 0 Å². The van der Waals surface area contributed by atoms with Gasteiger partial charge in [-0.25, -0.2) is 4.98 Å². The van der Waals surface area contributed by atoms with Crippen LogP contribution in [0.5, 0.6) is 0 Å². The van der Waals surface area contributed by atoms with Crippen LogP contribution in [0.1, 0.15) is 32.4 Å². The molecule has 1 saturated heterocycles. The summed E-state index contributed by atoms with van der Waals surface area (Å²) in [4.78, 5) is 16.0. The molecule has 0 saturated carbocycles. The molecule has 0 aliphatic carbocycles. The fourth-order valence-corrected chi connectivity index (χ4v) is 4.18. The van der Waals surface area contributed by atoms with Crippen molar-refractivity contribution >= 4 is 21.8 Å². The molecule has 0 atom stereocenters. The van der Waals surface area contributed by atoms with Crippen LogP contribution in [-0.4, -0.2) is 45.4 Å². The number of thiol groups is 1. The Bertz CT molecular complexity index is 703. The Labute approximate surface area is 151 Å². The van der Waals surface area contributed by atoms with Crippen molar-refractivity contribution in [3.8, 4) is 0 Å². The number of halogens is 3. The lowest BCUT2D eigenvalue weighted by molar-refractivity contribution is -0.141. The van der Waals surface area contributed by atoms with Crippen molar-refractivity contribution in [2.24, 2.45) is 0 Å². The average molecular weight is 395 g/mol. The molecule has 148 valence electrons. The summed E-state index contributed by atoms with van der Waals surface area (Å²) >= 11 is 0. The molecule has 6 nitrogen and oxygen atoms in total. The number of anilines is 1. The predicted molar refractivity (Wildman–Crippen MR) is 94.4 cm³/mol. The summed E-state index contributed by atoms with van der Waals surface area (Å²) < 4.78 is 58.4. The Kier molecular flexibility index (Phi) is 6.09. The molecule has 0 radical (unpaired) electrons. The molecule has 10 heteroatoms. The molecule has 26 heavy (non-hydrogen) atoms. The lowest BCUT2D eigenvalue weighted by Crippen LogP contribution is -2.57. The van der Waals surface area contributed by atoms with Crippen molar-refractivity contribution in [1.82, 2.24) is 9.71 Å². The van der Waals surface area contributed by atoms with Crippen molar-refractivity contribution in [2.75, 3.05) is 24.8 Å². The fourth-order valence-electron chi connectivity index (χ4n) is 2.46. The minimum atomic E-state index is -4.61. The molecule has 0 unspecified atom stereocenters. The number of hydrogen-bond donors (Lipinski definition) is 3. The van der Waals surface area contributed by atoms with Crippen LogP contribution in [0.15, 0.2) is 18.2 Å². The molecule has 1 aromatic heterocycles. The van der Waals surface area contributed by atoms with E-state index in [0.29, 0.717) is 26.1 Å². The molecule has 0 aromatic carbocycles. The smallest absolute Gasteiger partial charge is 0.381 e. The van der Waals surface area contributed by atoms with Gasteiger partial charge >= 0.3 is 6.18 Å². The molecule has 2 heterocycles. The van der Waals surface area contributed by atoms with Crippen molar-refractivity contribution < 1.29 is 26.9 Å². The number of alkyl halides is 3. The molecule has 1 fully saturated rings. The van der Waals surface area contributed by atoms with Crippen LogP contribution >= 0.6 is 0 Å². The third-order valence-electron chi connectivity index (χ3n) is 4.55. The molecule has 1 amide bonds. The number of pyridine rings is 1. The van der Waals surface area contributed by atoms with Crippen LogP contribution in [-0.2, 0) is 25.8 Å². The number of aromatic nitrogens is 1. The highest BCUT2D eigenvalue weighted by atomic mass is 32.3. The van der Waals surface area contributed by atoms with Gasteiger partial charge in [0.05, 0.1) is 0 Å². The minimum Gasteiger partial charge on any atom is -0.381 e. The van der Waals surface area contributed by atoms with E-state index < -0.39 is 32.6 Å². The first kappa shape index (κ1) is 20.8. The van der Waals surface area contributed by atoms with Gasteiger partial charge in [0.1, 0.15) is 16.3 Å². The van der Waals surface area contributed by atoms with Crippen LogP contribution in [0, 0.1) is 0 Å². The number of carbonyl (C=O) groups excluding carboxylic acids is 1. The second-order valence-electron chi connectivity index (χ2n) is 6.86. The Balaban J connectivity index is 2.12. The molecular weight excluding hydrogens is 371 g/mol. The van der Waals surface area contributed by atoms with Crippen molar-refractivity contribution in [2.45, 2.75) is 43.7 Å². The van der Waals surface area contributed by atoms with E-state index in [0.717, 1.165) is 12.1 Å². The Morgan fingerprint density at radius 1 is 1.27 bits per heavy atom. The van der Waals surface area contributed by atoms with E-state index in [4.69, 9.17) is 4.74 Å². The van der Waals surface area contributed by atoms with Gasteiger partial charge < -0.3 is 10.1 Å². The Morgan fingerprint density at radius 3 is 2.46 bits per heavy atom. The lowest BCUT2D eigenvalue weighted by atomic mass is 10.1. The van der Waals surface area contributed by atoms with Gasteiger partial charge in [-0.3, -0.25) is 13.7 Å². The van der Waals surface area contributed by atoms with E-state index in [1.165, 1.54) is 26.2 Å². The molecule has 0 spiro atoms. The fraction of sp³-hybridized carbons (Fsp3) is 0.625. The van der Waals surface area contributed by atoms with Gasteiger partial charge in [0.2, 0.25) is 5.91 Å². The van der Waals surface area contributed by atoms with E-state index in [1.54, 1.807) is 0 Å². The van der Waals surface area contributed by atoms with Crippen LogP contribution in [0.4, 0.5) is 19.0 Å².